The summed E-state index contributed by atoms with van der Waals surface area (Å²) in [6, 6.07) is 8.86. The molecule has 2 aromatic carbocycles. The topological polar surface area (TPSA) is 56.0 Å². The van der Waals surface area contributed by atoms with Gasteiger partial charge >= 0.3 is 6.18 Å². The molecule has 0 unspecified atom stereocenters. The molecule has 1 heterocycles. The summed E-state index contributed by atoms with van der Waals surface area (Å²) in [5.74, 6) is 1.10. The summed E-state index contributed by atoms with van der Waals surface area (Å²) >= 11 is 12.1. The van der Waals surface area contributed by atoms with Crippen LogP contribution in [-0.2, 0) is 19.1 Å². The van der Waals surface area contributed by atoms with Crippen molar-refractivity contribution >= 4 is 47.1 Å². The number of alkyl halides is 3. The highest BCUT2D eigenvalue weighted by atomic mass is 35.5. The Morgan fingerprint density at radius 2 is 1.88 bits per heavy atom. The molecule has 11 heteroatoms. The molecular weight excluding hydrogens is 485 g/mol. The number of hydrogen-bond acceptors (Lipinski definition) is 6. The number of thiazole rings is 1. The minimum absolute atomic E-state index is 0.0531. The molecule has 170 valence electrons. The number of aryl methyl sites for hydroxylation is 1. The summed E-state index contributed by atoms with van der Waals surface area (Å²) in [6.07, 6.45) is -2.75. The van der Waals surface area contributed by atoms with Crippen LogP contribution in [0.2, 0.25) is 5.02 Å². The zero-order valence-electron chi connectivity index (χ0n) is 16.9. The second-order valence-corrected chi connectivity index (χ2v) is 8.65. The molecule has 32 heavy (non-hydrogen) atoms. The van der Waals surface area contributed by atoms with E-state index < -0.39 is 16.8 Å². The Morgan fingerprint density at radius 1 is 1.16 bits per heavy atom. The largest absolute Gasteiger partial charge is 0.493 e. The van der Waals surface area contributed by atoms with E-state index in [1.54, 1.807) is 24.9 Å². The first-order valence-electron chi connectivity index (χ1n) is 9.18. The summed E-state index contributed by atoms with van der Waals surface area (Å²) in [5.41, 5.74) is 0.0293. The van der Waals surface area contributed by atoms with Crippen molar-refractivity contribution < 1.29 is 27.8 Å². The molecule has 0 radical (unpaired) electrons. The predicted molar refractivity (Wildman–Crippen MR) is 122 cm³/mol. The van der Waals surface area contributed by atoms with Gasteiger partial charge in [-0.15, -0.1) is 0 Å². The van der Waals surface area contributed by atoms with Crippen LogP contribution >= 0.6 is 35.2 Å². The fourth-order valence-corrected chi connectivity index (χ4v) is 4.37. The maximum atomic E-state index is 13.0. The fraction of sp³-hybridized carbons (Fsp3) is 0.238. The Morgan fingerprint density at radius 3 is 2.53 bits per heavy atom. The van der Waals surface area contributed by atoms with Gasteiger partial charge in [0.1, 0.15) is 4.88 Å². The molecule has 0 atom stereocenters. The van der Waals surface area contributed by atoms with E-state index in [1.165, 1.54) is 12.3 Å². The zero-order valence-corrected chi connectivity index (χ0v) is 19.3. The van der Waals surface area contributed by atoms with Crippen LogP contribution in [0.15, 0.2) is 41.4 Å². The average Bonchev–Trinajstić information content (AvgIpc) is 3.03. The van der Waals surface area contributed by atoms with Gasteiger partial charge in [-0.05, 0) is 54.5 Å². The number of benzene rings is 2. The van der Waals surface area contributed by atoms with Gasteiger partial charge < -0.3 is 14.6 Å². The van der Waals surface area contributed by atoms with Crippen LogP contribution in [0.5, 0.6) is 17.4 Å². The van der Waals surface area contributed by atoms with E-state index in [4.69, 9.17) is 33.3 Å². The van der Waals surface area contributed by atoms with E-state index in [0.717, 1.165) is 29.0 Å². The van der Waals surface area contributed by atoms with Crippen molar-refractivity contribution in [2.75, 3.05) is 14.2 Å². The molecule has 0 aliphatic rings. The normalized spacial score (nSPS) is 11.8. The standard InChI is InChI=1S/C21H18ClF3N2O3S2/c1-29-16-6-3-12(9-17(16)30-2)7-8-27-19(28)18(32-20(27)31)11-26-13-4-5-15(22)14(10-13)21(23,24)25/h3-6,9-11,28H,7-8H2,1-2H3. The van der Waals surface area contributed by atoms with E-state index >= 15 is 0 Å². The first-order valence-corrected chi connectivity index (χ1v) is 10.8. The van der Waals surface area contributed by atoms with Crippen LogP contribution in [0, 0.1) is 3.95 Å². The first kappa shape index (κ1) is 24.1. The second-order valence-electron chi connectivity index (χ2n) is 6.57. The third kappa shape index (κ3) is 5.43. The van der Waals surface area contributed by atoms with Gasteiger partial charge in [-0.25, -0.2) is 0 Å². The Bertz CT molecular complexity index is 1210. The highest BCUT2D eigenvalue weighted by Crippen LogP contribution is 2.37. The fourth-order valence-electron chi connectivity index (χ4n) is 2.92. The average molecular weight is 503 g/mol. The number of methoxy groups -OCH3 is 2. The van der Waals surface area contributed by atoms with Gasteiger partial charge in [0, 0.05) is 6.54 Å². The number of hydrogen-bond donors (Lipinski definition) is 1. The lowest BCUT2D eigenvalue weighted by molar-refractivity contribution is -0.137. The van der Waals surface area contributed by atoms with Gasteiger partial charge in [-0.1, -0.05) is 29.0 Å². The Hall–Kier alpha value is -2.56. The van der Waals surface area contributed by atoms with Crippen LogP contribution in [-0.4, -0.2) is 30.1 Å². The van der Waals surface area contributed by atoms with Gasteiger partial charge in [-0.2, -0.15) is 13.2 Å². The maximum absolute atomic E-state index is 13.0. The molecule has 1 N–H and O–H groups in total. The molecule has 0 spiro atoms. The molecule has 0 saturated heterocycles. The van der Waals surface area contributed by atoms with E-state index in [-0.39, 0.29) is 11.6 Å². The van der Waals surface area contributed by atoms with Crippen LogP contribution < -0.4 is 9.47 Å². The lowest BCUT2D eigenvalue weighted by Crippen LogP contribution is -2.05. The number of halogens is 4. The lowest BCUT2D eigenvalue weighted by atomic mass is 10.1. The van der Waals surface area contributed by atoms with Gasteiger partial charge in [0.2, 0.25) is 5.88 Å². The smallest absolute Gasteiger partial charge is 0.417 e. The lowest BCUT2D eigenvalue weighted by Gasteiger charge is -2.10. The molecule has 0 amide bonds. The van der Waals surface area contributed by atoms with Crippen molar-refractivity contribution in [2.24, 2.45) is 4.99 Å². The van der Waals surface area contributed by atoms with Gasteiger partial charge in [0.15, 0.2) is 15.5 Å². The van der Waals surface area contributed by atoms with Crippen molar-refractivity contribution in [1.29, 1.82) is 0 Å². The van der Waals surface area contributed by atoms with E-state index in [2.05, 4.69) is 4.99 Å². The quantitative estimate of drug-likeness (QED) is 0.289. The first-order chi connectivity index (χ1) is 15.1. The summed E-state index contributed by atoms with van der Waals surface area (Å²) in [6.45, 7) is 0.393. The van der Waals surface area contributed by atoms with Gasteiger partial charge in [0.25, 0.3) is 0 Å². The van der Waals surface area contributed by atoms with E-state index in [9.17, 15) is 18.3 Å². The number of rotatable bonds is 7. The third-order valence-electron chi connectivity index (χ3n) is 4.55. The number of nitrogens with zero attached hydrogens (tertiary/aromatic N) is 2. The molecule has 0 aliphatic heterocycles. The highest BCUT2D eigenvalue weighted by molar-refractivity contribution is 7.73. The van der Waals surface area contributed by atoms with Gasteiger partial charge in [0.05, 0.1) is 36.7 Å². The zero-order chi connectivity index (χ0) is 23.5. The number of ether oxygens (including phenoxy) is 2. The van der Waals surface area contributed by atoms with Crippen molar-refractivity contribution in [2.45, 2.75) is 19.1 Å². The molecule has 0 saturated carbocycles. The second kappa shape index (κ2) is 9.93. The van der Waals surface area contributed by atoms with Crippen molar-refractivity contribution in [3.05, 3.63) is 61.4 Å². The number of aliphatic imine (C=N–C) groups is 1. The monoisotopic (exact) mass is 502 g/mol. The molecule has 3 rings (SSSR count). The molecule has 1 aromatic heterocycles. The van der Waals surface area contributed by atoms with Crippen LogP contribution in [0.1, 0.15) is 16.0 Å². The third-order valence-corrected chi connectivity index (χ3v) is 6.25. The summed E-state index contributed by atoms with van der Waals surface area (Å²) in [5, 5.41) is 10.1. The van der Waals surface area contributed by atoms with Crippen LogP contribution in [0.25, 0.3) is 0 Å². The van der Waals surface area contributed by atoms with Crippen LogP contribution in [0.4, 0.5) is 18.9 Å². The van der Waals surface area contributed by atoms with E-state index in [1.807, 2.05) is 12.1 Å². The summed E-state index contributed by atoms with van der Waals surface area (Å²) in [4.78, 5) is 4.38. The SMILES string of the molecule is COc1ccc(CCn2c(O)c(C=Nc3ccc(Cl)c(C(F)(F)F)c3)sc2=S)cc1OC. The predicted octanol–water partition coefficient (Wildman–Crippen LogP) is 6.67. The highest BCUT2D eigenvalue weighted by Gasteiger charge is 2.33. The van der Waals surface area contributed by atoms with Crippen molar-refractivity contribution in [1.82, 2.24) is 4.57 Å². The summed E-state index contributed by atoms with van der Waals surface area (Å²) in [7, 11) is 3.10. The Kier molecular flexibility index (Phi) is 7.47. The molecular formula is C21H18ClF3N2O3S2. The Balaban J connectivity index is 1.79. The van der Waals surface area contributed by atoms with Crippen molar-refractivity contribution in [3.8, 4) is 17.4 Å². The van der Waals surface area contributed by atoms with Crippen molar-refractivity contribution in [3.63, 3.8) is 0 Å². The molecule has 3 aromatic rings. The summed E-state index contributed by atoms with van der Waals surface area (Å²) < 4.78 is 51.5. The molecule has 0 fully saturated rings. The number of aromatic nitrogens is 1. The maximum Gasteiger partial charge on any atom is 0.417 e. The molecule has 0 bridgehead atoms. The Labute approximate surface area is 196 Å². The van der Waals surface area contributed by atoms with Gasteiger partial charge in [-0.3, -0.25) is 9.56 Å². The number of aromatic hydroxyl groups is 1. The molecule has 5 nitrogen and oxygen atoms in total. The van der Waals surface area contributed by atoms with E-state index in [0.29, 0.717) is 33.3 Å². The molecule has 0 aliphatic carbocycles. The van der Waals surface area contributed by atoms with Crippen LogP contribution in [0.3, 0.4) is 0 Å². The minimum atomic E-state index is -4.59. The minimum Gasteiger partial charge on any atom is -0.493 e.